The molecule has 1 aliphatic heterocycles. The van der Waals surface area contributed by atoms with Crippen molar-refractivity contribution >= 4 is 79.5 Å². The van der Waals surface area contributed by atoms with Gasteiger partial charge in [-0.25, -0.2) is 14.6 Å². The molecule has 0 fully saturated rings. The zero-order chi connectivity index (χ0) is 35.2. The Morgan fingerprint density at radius 3 is 2.57 bits per heavy atom. The molecular weight excluding hydrogens is 851 g/mol. The molecule has 10 nitrogen and oxygen atoms in total. The average Bonchev–Trinajstić information content (AvgIpc) is 3.36. The molecule has 1 atom stereocenters. The largest absolute Gasteiger partial charge is 0.490 e. The van der Waals surface area contributed by atoms with Crippen LogP contribution in [0.1, 0.15) is 43.5 Å². The lowest BCUT2D eigenvalue weighted by molar-refractivity contribution is -0.143. The van der Waals surface area contributed by atoms with E-state index in [2.05, 4.69) is 43.5 Å². The number of esters is 2. The highest BCUT2D eigenvalue weighted by atomic mass is 127. The predicted octanol–water partition coefficient (Wildman–Crippen LogP) is 6.35. The number of fused-ring (bicyclic) bond motifs is 1. The number of carbonyl (C=O) groups excluding carboxylic acids is 2. The Balaban J connectivity index is 1.64. The molecular formula is C35H31BrClIN2O8S. The number of carbonyl (C=O) groups is 2. The molecule has 49 heavy (non-hydrogen) atoms. The molecule has 0 saturated carbocycles. The highest BCUT2D eigenvalue weighted by molar-refractivity contribution is 14.1. The first-order valence-corrected chi connectivity index (χ1v) is 18.1. The number of hydrogen-bond donors (Lipinski definition) is 0. The summed E-state index contributed by atoms with van der Waals surface area (Å²) in [5.74, 6) is 0.0779. The van der Waals surface area contributed by atoms with Crippen molar-refractivity contribution in [3.63, 3.8) is 0 Å². The van der Waals surface area contributed by atoms with E-state index in [-0.39, 0.29) is 31.0 Å². The van der Waals surface area contributed by atoms with Crippen LogP contribution in [0.4, 0.5) is 0 Å². The fourth-order valence-corrected chi connectivity index (χ4v) is 8.10. The van der Waals surface area contributed by atoms with Gasteiger partial charge in [-0.05, 0) is 97.0 Å². The SMILES string of the molecule is CCOC(=O)C1=C(C)N=c2s/c(=C/c3cc(Br)cc(I)c3OCc3cccc(Cl)c3)c(=O)n2[C@@H]1c1ccc(OCC(=O)OC)c(OCC)c1. The first kappa shape index (κ1) is 36.6. The normalized spacial score (nSPS) is 14.2. The second kappa shape index (κ2) is 16.4. The third-order valence-corrected chi connectivity index (χ3v) is 9.75. The van der Waals surface area contributed by atoms with Crippen LogP contribution in [0.3, 0.4) is 0 Å². The van der Waals surface area contributed by atoms with E-state index < -0.39 is 18.0 Å². The van der Waals surface area contributed by atoms with E-state index in [4.69, 9.17) is 35.3 Å². The second-order valence-corrected chi connectivity index (χ2v) is 14.1. The zero-order valence-electron chi connectivity index (χ0n) is 26.9. The highest BCUT2D eigenvalue weighted by Gasteiger charge is 2.34. The Morgan fingerprint density at radius 1 is 1.06 bits per heavy atom. The Labute approximate surface area is 313 Å². The van der Waals surface area contributed by atoms with E-state index in [0.717, 1.165) is 13.6 Å². The van der Waals surface area contributed by atoms with Crippen molar-refractivity contribution in [2.24, 2.45) is 4.99 Å². The number of rotatable bonds is 12. The number of benzene rings is 3. The summed E-state index contributed by atoms with van der Waals surface area (Å²) in [7, 11) is 1.27. The molecule has 0 spiro atoms. The van der Waals surface area contributed by atoms with Gasteiger partial charge < -0.3 is 23.7 Å². The van der Waals surface area contributed by atoms with Crippen molar-refractivity contribution in [1.29, 1.82) is 0 Å². The van der Waals surface area contributed by atoms with Crippen molar-refractivity contribution in [3.05, 3.63) is 115 Å². The Bertz CT molecular complexity index is 2130. The van der Waals surface area contributed by atoms with Crippen LogP contribution < -0.4 is 29.1 Å². The molecule has 3 aromatic carbocycles. The number of ether oxygens (including phenoxy) is 5. The van der Waals surface area contributed by atoms with Crippen molar-refractivity contribution in [1.82, 2.24) is 4.57 Å². The van der Waals surface area contributed by atoms with Crippen molar-refractivity contribution in [2.45, 2.75) is 33.4 Å². The van der Waals surface area contributed by atoms with E-state index in [1.807, 2.05) is 37.3 Å². The molecule has 5 rings (SSSR count). The Hall–Kier alpha value is -3.66. The van der Waals surface area contributed by atoms with Crippen molar-refractivity contribution < 1.29 is 33.3 Å². The van der Waals surface area contributed by atoms with E-state index in [1.54, 1.807) is 44.2 Å². The minimum absolute atomic E-state index is 0.136. The first-order chi connectivity index (χ1) is 23.5. The van der Waals surface area contributed by atoms with E-state index in [1.165, 1.54) is 23.0 Å². The van der Waals surface area contributed by atoms with Gasteiger partial charge in [-0.1, -0.05) is 57.1 Å². The molecule has 2 heterocycles. The van der Waals surface area contributed by atoms with Gasteiger partial charge in [0.2, 0.25) is 0 Å². The van der Waals surface area contributed by atoms with E-state index in [0.29, 0.717) is 55.0 Å². The van der Waals surface area contributed by atoms with Crippen LogP contribution in [-0.2, 0) is 25.7 Å². The number of allylic oxidation sites excluding steroid dienone is 1. The third kappa shape index (κ3) is 8.39. The number of nitrogens with zero attached hydrogens (tertiary/aromatic N) is 2. The maximum atomic E-state index is 14.4. The molecule has 0 bridgehead atoms. The quantitative estimate of drug-likeness (QED) is 0.120. The third-order valence-electron chi connectivity index (χ3n) is 7.27. The second-order valence-electron chi connectivity index (χ2n) is 10.5. The molecule has 0 amide bonds. The predicted molar refractivity (Wildman–Crippen MR) is 198 cm³/mol. The number of hydrogen-bond acceptors (Lipinski definition) is 10. The summed E-state index contributed by atoms with van der Waals surface area (Å²) in [6, 6.07) is 15.4. The molecule has 1 aromatic heterocycles. The van der Waals surface area contributed by atoms with Crippen LogP contribution in [0.25, 0.3) is 6.08 Å². The fraction of sp³-hybridized carbons (Fsp3) is 0.257. The van der Waals surface area contributed by atoms with E-state index in [9.17, 15) is 14.4 Å². The Kier molecular flexibility index (Phi) is 12.2. The molecule has 14 heteroatoms. The van der Waals surface area contributed by atoms with Gasteiger partial charge in [-0.15, -0.1) is 0 Å². The summed E-state index contributed by atoms with van der Waals surface area (Å²) in [6.07, 6.45) is 1.76. The molecule has 0 unspecified atom stereocenters. The Morgan fingerprint density at radius 2 is 1.86 bits per heavy atom. The molecule has 0 aliphatic carbocycles. The molecule has 256 valence electrons. The molecule has 4 aromatic rings. The van der Waals surface area contributed by atoms with Gasteiger partial charge >= 0.3 is 11.9 Å². The summed E-state index contributed by atoms with van der Waals surface area (Å²) in [4.78, 5) is 44.6. The number of halogens is 3. The summed E-state index contributed by atoms with van der Waals surface area (Å²) in [5, 5.41) is 0.608. The molecule has 1 aliphatic rings. The lowest BCUT2D eigenvalue weighted by Crippen LogP contribution is -2.40. The van der Waals surface area contributed by atoms with Crippen LogP contribution in [0.15, 0.2) is 80.1 Å². The van der Waals surface area contributed by atoms with Gasteiger partial charge in [0.15, 0.2) is 22.9 Å². The maximum absolute atomic E-state index is 14.4. The number of aromatic nitrogens is 1. The lowest BCUT2D eigenvalue weighted by atomic mass is 9.95. The first-order valence-electron chi connectivity index (χ1n) is 15.1. The zero-order valence-corrected chi connectivity index (χ0v) is 32.2. The summed E-state index contributed by atoms with van der Waals surface area (Å²) in [5.41, 5.74) is 2.40. The lowest BCUT2D eigenvalue weighted by Gasteiger charge is -2.25. The molecule has 0 radical (unpaired) electrons. The summed E-state index contributed by atoms with van der Waals surface area (Å²) < 4.78 is 31.4. The van der Waals surface area contributed by atoms with Gasteiger partial charge in [0.25, 0.3) is 5.56 Å². The maximum Gasteiger partial charge on any atom is 0.343 e. The smallest absolute Gasteiger partial charge is 0.343 e. The van der Waals surface area contributed by atoms with Crippen molar-refractivity contribution in [2.75, 3.05) is 26.9 Å². The van der Waals surface area contributed by atoms with Gasteiger partial charge in [-0.2, -0.15) is 0 Å². The molecule has 0 N–H and O–H groups in total. The van der Waals surface area contributed by atoms with Gasteiger partial charge in [0.1, 0.15) is 12.4 Å². The standard InChI is InChI=1S/C35H31BrClIN2O8S/c1-5-45-27-14-21(10-11-26(27)47-18-29(41)44-4)31-30(34(43)46-6-2)19(3)39-35-40(31)33(42)28(49-35)15-22-13-23(36)16-25(38)32(22)48-17-20-8-7-9-24(37)12-20/h7-16,31H,5-6,17-18H2,1-4H3/b28-15+/t31-/m1/s1. The monoisotopic (exact) mass is 880 g/mol. The minimum Gasteiger partial charge on any atom is -0.490 e. The van der Waals surface area contributed by atoms with Gasteiger partial charge in [0, 0.05) is 15.1 Å². The summed E-state index contributed by atoms with van der Waals surface area (Å²) in [6.45, 7) is 5.62. The van der Waals surface area contributed by atoms with Crippen LogP contribution in [0, 0.1) is 3.57 Å². The van der Waals surface area contributed by atoms with E-state index >= 15 is 0 Å². The van der Waals surface area contributed by atoms with Crippen LogP contribution >= 0.6 is 61.5 Å². The number of methoxy groups -OCH3 is 1. The van der Waals surface area contributed by atoms with Crippen LogP contribution in [-0.4, -0.2) is 43.4 Å². The van der Waals surface area contributed by atoms with Crippen molar-refractivity contribution in [3.8, 4) is 17.2 Å². The molecule has 0 saturated heterocycles. The van der Waals surface area contributed by atoms with Gasteiger partial charge in [-0.3, -0.25) is 9.36 Å². The van der Waals surface area contributed by atoms with Crippen LogP contribution in [0.5, 0.6) is 17.2 Å². The summed E-state index contributed by atoms with van der Waals surface area (Å²) >= 11 is 13.2. The van der Waals surface area contributed by atoms with Crippen LogP contribution in [0.2, 0.25) is 5.02 Å². The van der Waals surface area contributed by atoms with Gasteiger partial charge in [0.05, 0.1) is 45.7 Å². The fourth-order valence-electron chi connectivity index (χ4n) is 5.15. The highest BCUT2D eigenvalue weighted by Crippen LogP contribution is 2.37. The topological polar surface area (TPSA) is 115 Å². The minimum atomic E-state index is -0.896. The average molecular weight is 882 g/mol. The number of thiazole rings is 1.